The van der Waals surface area contributed by atoms with Gasteiger partial charge in [-0.25, -0.2) is 0 Å². The lowest BCUT2D eigenvalue weighted by atomic mass is 9.97. The molecule has 128 valence electrons. The third-order valence-corrected chi connectivity index (χ3v) is 4.88. The summed E-state index contributed by atoms with van der Waals surface area (Å²) in [6, 6.07) is 9.46. The van der Waals surface area contributed by atoms with Crippen LogP contribution in [0, 0.1) is 12.8 Å². The minimum absolute atomic E-state index is 0.0822. The third-order valence-electron chi connectivity index (χ3n) is 4.56. The molecular formula is C19H23ClN2O2. The summed E-state index contributed by atoms with van der Waals surface area (Å²) in [6.07, 6.45) is 3.99. The zero-order valence-electron chi connectivity index (χ0n) is 13.9. The third kappa shape index (κ3) is 4.19. The fourth-order valence-corrected chi connectivity index (χ4v) is 3.64. The second-order valence-electron chi connectivity index (χ2n) is 6.46. The predicted molar refractivity (Wildman–Crippen MR) is 95.2 cm³/mol. The Balaban J connectivity index is 1.53. The Morgan fingerprint density at radius 1 is 1.38 bits per heavy atom. The molecule has 0 spiro atoms. The van der Waals surface area contributed by atoms with Crippen molar-refractivity contribution in [1.29, 1.82) is 0 Å². The first-order valence-electron chi connectivity index (χ1n) is 8.41. The van der Waals surface area contributed by atoms with E-state index in [1.54, 1.807) is 12.3 Å². The van der Waals surface area contributed by atoms with Gasteiger partial charge in [-0.3, -0.25) is 9.69 Å². The van der Waals surface area contributed by atoms with E-state index < -0.39 is 0 Å². The van der Waals surface area contributed by atoms with Gasteiger partial charge in [0.15, 0.2) is 0 Å². The Hall–Kier alpha value is -1.78. The van der Waals surface area contributed by atoms with Crippen molar-refractivity contribution < 1.29 is 9.21 Å². The second kappa shape index (κ2) is 7.86. The number of hydrogen-bond acceptors (Lipinski definition) is 3. The Bertz CT molecular complexity index is 664. The Morgan fingerprint density at radius 3 is 3.00 bits per heavy atom. The van der Waals surface area contributed by atoms with E-state index in [2.05, 4.69) is 10.2 Å². The number of benzene rings is 1. The monoisotopic (exact) mass is 346 g/mol. The minimum Gasteiger partial charge on any atom is -0.468 e. The van der Waals surface area contributed by atoms with Crippen LogP contribution in [0.3, 0.4) is 0 Å². The average Bonchev–Trinajstić information content (AvgIpc) is 3.06. The molecule has 1 aromatic carbocycles. The van der Waals surface area contributed by atoms with Gasteiger partial charge in [-0.2, -0.15) is 0 Å². The molecule has 1 aliphatic heterocycles. The SMILES string of the molecule is Cc1cccc(Cl)c1C(=O)NCC1CCCN(Cc2ccco2)C1. The maximum absolute atomic E-state index is 12.4. The van der Waals surface area contributed by atoms with Gasteiger partial charge >= 0.3 is 0 Å². The highest BCUT2D eigenvalue weighted by molar-refractivity contribution is 6.34. The van der Waals surface area contributed by atoms with E-state index in [9.17, 15) is 4.79 Å². The molecule has 2 aromatic rings. The number of carbonyl (C=O) groups is 1. The van der Waals surface area contributed by atoms with Gasteiger partial charge in [-0.1, -0.05) is 23.7 Å². The molecule has 24 heavy (non-hydrogen) atoms. The van der Waals surface area contributed by atoms with E-state index in [0.29, 0.717) is 23.0 Å². The zero-order chi connectivity index (χ0) is 16.9. The Labute approximate surface area is 147 Å². The first-order valence-corrected chi connectivity index (χ1v) is 8.79. The van der Waals surface area contributed by atoms with E-state index in [1.807, 2.05) is 31.2 Å². The fraction of sp³-hybridized carbons (Fsp3) is 0.421. The predicted octanol–water partition coefficient (Wildman–Crippen LogP) is 3.88. The highest BCUT2D eigenvalue weighted by Gasteiger charge is 2.22. The molecule has 4 nitrogen and oxygen atoms in total. The maximum atomic E-state index is 12.4. The van der Waals surface area contributed by atoms with Crippen molar-refractivity contribution in [2.45, 2.75) is 26.3 Å². The molecule has 0 aliphatic carbocycles. The summed E-state index contributed by atoms with van der Waals surface area (Å²) in [5.41, 5.74) is 1.49. The van der Waals surface area contributed by atoms with Crippen molar-refractivity contribution in [3.05, 3.63) is 58.5 Å². The number of amides is 1. The number of halogens is 1. The molecule has 2 heterocycles. The van der Waals surface area contributed by atoms with Crippen molar-refractivity contribution in [2.75, 3.05) is 19.6 Å². The topological polar surface area (TPSA) is 45.5 Å². The first kappa shape index (κ1) is 17.1. The minimum atomic E-state index is -0.0822. The van der Waals surface area contributed by atoms with Crippen molar-refractivity contribution >= 4 is 17.5 Å². The van der Waals surface area contributed by atoms with Crippen LogP contribution in [0.5, 0.6) is 0 Å². The van der Waals surface area contributed by atoms with Crippen LogP contribution in [0.1, 0.15) is 34.5 Å². The number of likely N-dealkylation sites (tertiary alicyclic amines) is 1. The molecule has 0 radical (unpaired) electrons. The number of aryl methyl sites for hydroxylation is 1. The summed E-state index contributed by atoms with van der Waals surface area (Å²) in [7, 11) is 0. The van der Waals surface area contributed by atoms with Gasteiger partial charge in [-0.15, -0.1) is 0 Å². The standard InChI is InChI=1S/C19H23ClN2O2/c1-14-5-2-8-17(20)18(14)19(23)21-11-15-6-3-9-22(12-15)13-16-7-4-10-24-16/h2,4-5,7-8,10,15H,3,6,9,11-13H2,1H3,(H,21,23). The summed E-state index contributed by atoms with van der Waals surface area (Å²) in [5.74, 6) is 1.37. The van der Waals surface area contributed by atoms with Crippen LogP contribution in [0.2, 0.25) is 5.02 Å². The normalized spacial score (nSPS) is 18.5. The second-order valence-corrected chi connectivity index (χ2v) is 6.87. The van der Waals surface area contributed by atoms with E-state index >= 15 is 0 Å². The molecule has 1 aromatic heterocycles. The Morgan fingerprint density at radius 2 is 2.25 bits per heavy atom. The highest BCUT2D eigenvalue weighted by Crippen LogP contribution is 2.21. The van der Waals surface area contributed by atoms with Crippen LogP contribution in [-0.4, -0.2) is 30.4 Å². The molecule has 0 bridgehead atoms. The molecule has 0 saturated carbocycles. The van der Waals surface area contributed by atoms with Crippen LogP contribution < -0.4 is 5.32 Å². The van der Waals surface area contributed by atoms with Crippen molar-refractivity contribution in [3.8, 4) is 0 Å². The molecule has 1 aliphatic rings. The van der Waals surface area contributed by atoms with E-state index in [0.717, 1.165) is 43.8 Å². The number of nitrogens with zero attached hydrogens (tertiary/aromatic N) is 1. The fourth-order valence-electron chi connectivity index (χ4n) is 3.33. The molecule has 1 fully saturated rings. The number of hydrogen-bond donors (Lipinski definition) is 1. The number of rotatable bonds is 5. The van der Waals surface area contributed by atoms with E-state index in [-0.39, 0.29) is 5.91 Å². The average molecular weight is 347 g/mol. The van der Waals surface area contributed by atoms with Gasteiger partial charge < -0.3 is 9.73 Å². The van der Waals surface area contributed by atoms with E-state index in [4.69, 9.17) is 16.0 Å². The maximum Gasteiger partial charge on any atom is 0.253 e. The van der Waals surface area contributed by atoms with Crippen LogP contribution in [0.25, 0.3) is 0 Å². The van der Waals surface area contributed by atoms with Crippen molar-refractivity contribution in [2.24, 2.45) is 5.92 Å². The van der Waals surface area contributed by atoms with Gasteiger partial charge in [0.1, 0.15) is 5.76 Å². The van der Waals surface area contributed by atoms with Crippen LogP contribution >= 0.6 is 11.6 Å². The molecule has 1 N–H and O–H groups in total. The number of nitrogens with one attached hydrogen (secondary N) is 1. The van der Waals surface area contributed by atoms with Crippen LogP contribution in [-0.2, 0) is 6.54 Å². The lowest BCUT2D eigenvalue weighted by molar-refractivity contribution is 0.0928. The van der Waals surface area contributed by atoms with Gasteiger partial charge in [-0.05, 0) is 56.0 Å². The zero-order valence-corrected chi connectivity index (χ0v) is 14.7. The summed E-state index contributed by atoms with van der Waals surface area (Å²) in [6.45, 7) is 5.48. The summed E-state index contributed by atoms with van der Waals surface area (Å²) in [5, 5.41) is 3.57. The largest absolute Gasteiger partial charge is 0.468 e. The van der Waals surface area contributed by atoms with Crippen molar-refractivity contribution in [3.63, 3.8) is 0 Å². The molecule has 3 rings (SSSR count). The molecule has 5 heteroatoms. The summed E-state index contributed by atoms with van der Waals surface area (Å²) in [4.78, 5) is 14.8. The van der Waals surface area contributed by atoms with E-state index in [1.165, 1.54) is 0 Å². The molecule has 1 saturated heterocycles. The molecular weight excluding hydrogens is 324 g/mol. The highest BCUT2D eigenvalue weighted by atomic mass is 35.5. The van der Waals surface area contributed by atoms with Crippen LogP contribution in [0.4, 0.5) is 0 Å². The number of carbonyl (C=O) groups excluding carboxylic acids is 1. The molecule has 1 amide bonds. The summed E-state index contributed by atoms with van der Waals surface area (Å²) < 4.78 is 5.43. The first-order chi connectivity index (χ1) is 11.6. The molecule has 1 atom stereocenters. The number of furan rings is 1. The van der Waals surface area contributed by atoms with Gasteiger partial charge in [0.25, 0.3) is 5.91 Å². The quantitative estimate of drug-likeness (QED) is 0.893. The van der Waals surface area contributed by atoms with Gasteiger partial charge in [0.05, 0.1) is 23.4 Å². The lowest BCUT2D eigenvalue weighted by Gasteiger charge is -2.32. The lowest BCUT2D eigenvalue weighted by Crippen LogP contribution is -2.40. The van der Waals surface area contributed by atoms with Crippen molar-refractivity contribution in [1.82, 2.24) is 10.2 Å². The number of piperidine rings is 1. The van der Waals surface area contributed by atoms with Gasteiger partial charge in [0.2, 0.25) is 0 Å². The molecule has 1 unspecified atom stereocenters. The summed E-state index contributed by atoms with van der Waals surface area (Å²) >= 11 is 6.17. The van der Waals surface area contributed by atoms with Crippen LogP contribution in [0.15, 0.2) is 41.0 Å². The smallest absolute Gasteiger partial charge is 0.253 e. The van der Waals surface area contributed by atoms with Gasteiger partial charge in [0, 0.05) is 13.1 Å². The Kier molecular flexibility index (Phi) is 5.59.